The van der Waals surface area contributed by atoms with Gasteiger partial charge in [-0.15, -0.1) is 0 Å². The lowest BCUT2D eigenvalue weighted by Gasteiger charge is -2.54. The number of allylic oxidation sites excluding steroid dienone is 2. The maximum Gasteiger partial charge on any atom is 0.187 e. The maximum atomic E-state index is 13.7. The third kappa shape index (κ3) is 4.29. The highest BCUT2D eigenvalue weighted by Crippen LogP contribution is 2.56. The molecule has 0 amide bonds. The van der Waals surface area contributed by atoms with E-state index in [1.54, 1.807) is 14.2 Å². The number of rotatable bonds is 5. The molecule has 4 rings (SSSR count). The van der Waals surface area contributed by atoms with E-state index in [0.717, 1.165) is 24.2 Å². The van der Waals surface area contributed by atoms with Crippen LogP contribution in [0.5, 0.6) is 5.75 Å². The molecule has 184 valence electrons. The van der Waals surface area contributed by atoms with Crippen LogP contribution in [0.15, 0.2) is 48.1 Å². The molecule has 1 aromatic carbocycles. The summed E-state index contributed by atoms with van der Waals surface area (Å²) in [6.07, 6.45) is 5.00. The van der Waals surface area contributed by atoms with E-state index in [9.17, 15) is 9.59 Å². The number of hydrogen-bond donors (Lipinski definition) is 0. The normalized spacial score (nSPS) is 33.3. The van der Waals surface area contributed by atoms with E-state index >= 15 is 0 Å². The summed E-state index contributed by atoms with van der Waals surface area (Å²) in [5.74, 6) is 1.07. The van der Waals surface area contributed by atoms with Crippen molar-refractivity contribution in [2.75, 3.05) is 14.2 Å². The molecule has 0 heterocycles. The molecule has 0 unspecified atom stereocenters. The van der Waals surface area contributed by atoms with E-state index in [1.807, 2.05) is 30.3 Å². The first-order valence-corrected chi connectivity index (χ1v) is 12.4. The van der Waals surface area contributed by atoms with Gasteiger partial charge in [-0.2, -0.15) is 0 Å². The fourth-order valence-corrected chi connectivity index (χ4v) is 6.53. The number of ether oxygens (including phenoxy) is 3. The minimum absolute atomic E-state index is 0.00287. The summed E-state index contributed by atoms with van der Waals surface area (Å²) in [6.45, 7) is 11.1. The first kappa shape index (κ1) is 24.9. The Morgan fingerprint density at radius 1 is 1.06 bits per heavy atom. The van der Waals surface area contributed by atoms with Crippen molar-refractivity contribution in [3.8, 4) is 5.75 Å². The van der Waals surface area contributed by atoms with E-state index in [-0.39, 0.29) is 41.0 Å². The van der Waals surface area contributed by atoms with Crippen LogP contribution in [0.4, 0.5) is 0 Å². The van der Waals surface area contributed by atoms with Crippen molar-refractivity contribution < 1.29 is 23.8 Å². The zero-order chi connectivity index (χ0) is 24.7. The fourth-order valence-electron chi connectivity index (χ4n) is 6.53. The van der Waals surface area contributed by atoms with Gasteiger partial charge >= 0.3 is 0 Å². The van der Waals surface area contributed by atoms with Gasteiger partial charge in [0.2, 0.25) is 0 Å². The number of Topliss-reactive ketones (excluding diaryl/α,β-unsaturated/α-hetero) is 2. The summed E-state index contributed by atoms with van der Waals surface area (Å²) in [6, 6.07) is 7.93. The third-order valence-corrected chi connectivity index (χ3v) is 8.82. The molecule has 0 radical (unpaired) electrons. The molecule has 1 fully saturated rings. The standard InChI is InChI=1S/C29H38O5/c1-18-20-9-12-25(30)29(4)14-13-26(34-17-19-7-10-21(32-5)11-8-19)28(2,3)24(29)16-23(33-6)22(15-20)27(18)31/h7-8,10-11,15,20,23-24,26H,1,9,12-14,16-17H2,2-6H3/t20-,23-,24-,26+,29-/m1/s1. The largest absolute Gasteiger partial charge is 0.497 e. The van der Waals surface area contributed by atoms with Crippen LogP contribution in [0.1, 0.15) is 58.4 Å². The SMILES string of the molecule is C=C1C(=O)C2=C[C@H]1CCC(=O)[C@]1(C)CC[C@H](OCc3ccc(OC)cc3)C(C)(C)[C@H]1C[C@H]2OC. The predicted molar refractivity (Wildman–Crippen MR) is 132 cm³/mol. The second kappa shape index (κ2) is 9.43. The monoisotopic (exact) mass is 466 g/mol. The molecule has 0 aromatic heterocycles. The number of methoxy groups -OCH3 is 2. The minimum atomic E-state index is -0.470. The summed E-state index contributed by atoms with van der Waals surface area (Å²) in [4.78, 5) is 26.6. The van der Waals surface area contributed by atoms with Gasteiger partial charge in [0.15, 0.2) is 5.78 Å². The first-order chi connectivity index (χ1) is 16.1. The van der Waals surface area contributed by atoms with Gasteiger partial charge in [0.05, 0.1) is 25.9 Å². The van der Waals surface area contributed by atoms with Crippen molar-refractivity contribution in [2.45, 2.75) is 71.7 Å². The van der Waals surface area contributed by atoms with E-state index in [0.29, 0.717) is 37.0 Å². The molecule has 2 bridgehead atoms. The van der Waals surface area contributed by atoms with E-state index in [1.165, 1.54) is 0 Å². The van der Waals surface area contributed by atoms with Crippen LogP contribution in [-0.4, -0.2) is 38.0 Å². The van der Waals surface area contributed by atoms with Crippen molar-refractivity contribution in [3.63, 3.8) is 0 Å². The van der Waals surface area contributed by atoms with Gasteiger partial charge in [-0.05, 0) is 60.3 Å². The van der Waals surface area contributed by atoms with Crippen LogP contribution in [0.25, 0.3) is 0 Å². The first-order valence-electron chi connectivity index (χ1n) is 12.4. The number of carbonyl (C=O) groups is 2. The lowest BCUT2D eigenvalue weighted by molar-refractivity contribution is -0.161. The van der Waals surface area contributed by atoms with Gasteiger partial charge in [0, 0.05) is 30.4 Å². The Morgan fingerprint density at radius 3 is 2.41 bits per heavy atom. The Hall–Kier alpha value is -2.24. The van der Waals surface area contributed by atoms with Gasteiger partial charge in [0.1, 0.15) is 11.5 Å². The molecule has 5 atom stereocenters. The van der Waals surface area contributed by atoms with Crippen LogP contribution < -0.4 is 4.74 Å². The topological polar surface area (TPSA) is 61.8 Å². The number of ketones is 2. The molecule has 0 spiro atoms. The lowest BCUT2D eigenvalue weighted by atomic mass is 9.52. The molecule has 0 N–H and O–H groups in total. The minimum Gasteiger partial charge on any atom is -0.497 e. The second-order valence-corrected chi connectivity index (χ2v) is 11.0. The summed E-state index contributed by atoms with van der Waals surface area (Å²) < 4.78 is 17.6. The van der Waals surface area contributed by atoms with Crippen LogP contribution in [0.3, 0.4) is 0 Å². The highest BCUT2D eigenvalue weighted by Gasteiger charge is 2.56. The van der Waals surface area contributed by atoms with Crippen molar-refractivity contribution in [2.24, 2.45) is 22.7 Å². The van der Waals surface area contributed by atoms with Crippen molar-refractivity contribution in [1.82, 2.24) is 0 Å². The van der Waals surface area contributed by atoms with E-state index < -0.39 is 5.41 Å². The molecule has 0 saturated heterocycles. The molecule has 3 aliphatic rings. The Labute approximate surface area is 203 Å². The summed E-state index contributed by atoms with van der Waals surface area (Å²) >= 11 is 0. The number of fused-ring (bicyclic) bond motifs is 2. The van der Waals surface area contributed by atoms with Gasteiger partial charge in [-0.25, -0.2) is 0 Å². The number of carbonyl (C=O) groups excluding carboxylic acids is 2. The number of hydrogen-bond acceptors (Lipinski definition) is 5. The lowest BCUT2D eigenvalue weighted by Crippen LogP contribution is -2.55. The second-order valence-electron chi connectivity index (χ2n) is 11.0. The molecule has 3 aliphatic carbocycles. The number of benzene rings is 1. The molecule has 0 aliphatic heterocycles. The molecular weight excluding hydrogens is 428 g/mol. The molecule has 5 heteroatoms. The quantitative estimate of drug-likeness (QED) is 0.538. The van der Waals surface area contributed by atoms with Gasteiger partial charge in [-0.3, -0.25) is 9.59 Å². The average molecular weight is 467 g/mol. The zero-order valence-electron chi connectivity index (χ0n) is 21.2. The molecular formula is C29H38O5. The van der Waals surface area contributed by atoms with Crippen LogP contribution in [-0.2, 0) is 25.7 Å². The molecule has 34 heavy (non-hydrogen) atoms. The van der Waals surface area contributed by atoms with Gasteiger partial charge in [-0.1, -0.05) is 45.6 Å². The van der Waals surface area contributed by atoms with E-state index in [4.69, 9.17) is 14.2 Å². The Balaban J connectivity index is 1.61. The Morgan fingerprint density at radius 2 is 1.76 bits per heavy atom. The molecule has 1 saturated carbocycles. The van der Waals surface area contributed by atoms with Crippen molar-refractivity contribution in [1.29, 1.82) is 0 Å². The summed E-state index contributed by atoms with van der Waals surface area (Å²) in [5, 5.41) is 0. The van der Waals surface area contributed by atoms with Crippen molar-refractivity contribution in [3.05, 3.63) is 53.6 Å². The fraction of sp³-hybridized carbons (Fsp3) is 0.586. The van der Waals surface area contributed by atoms with Crippen molar-refractivity contribution >= 4 is 11.6 Å². The Kier molecular flexibility index (Phi) is 6.90. The van der Waals surface area contributed by atoms with Gasteiger partial charge in [0.25, 0.3) is 0 Å². The van der Waals surface area contributed by atoms with E-state index in [2.05, 4.69) is 27.4 Å². The van der Waals surface area contributed by atoms with Crippen LogP contribution in [0, 0.1) is 22.7 Å². The highest BCUT2D eigenvalue weighted by atomic mass is 16.5. The Bertz CT molecular complexity index is 988. The maximum absolute atomic E-state index is 13.7. The van der Waals surface area contributed by atoms with Crippen LogP contribution >= 0.6 is 0 Å². The molecule has 5 nitrogen and oxygen atoms in total. The average Bonchev–Trinajstić information content (AvgIpc) is 3.10. The third-order valence-electron chi connectivity index (χ3n) is 8.82. The van der Waals surface area contributed by atoms with Crippen LogP contribution in [0.2, 0.25) is 0 Å². The summed E-state index contributed by atoms with van der Waals surface area (Å²) in [5.41, 5.74) is 1.66. The van der Waals surface area contributed by atoms with Gasteiger partial charge < -0.3 is 14.2 Å². The highest BCUT2D eigenvalue weighted by molar-refractivity contribution is 6.11. The predicted octanol–water partition coefficient (Wildman–Crippen LogP) is 5.47. The molecule has 1 aromatic rings. The zero-order valence-corrected chi connectivity index (χ0v) is 21.2. The summed E-state index contributed by atoms with van der Waals surface area (Å²) in [7, 11) is 3.32. The smallest absolute Gasteiger partial charge is 0.187 e.